The molecule has 0 amide bonds. The van der Waals surface area contributed by atoms with Gasteiger partial charge in [-0.25, -0.2) is 0 Å². The summed E-state index contributed by atoms with van der Waals surface area (Å²) < 4.78 is 12.9. The van der Waals surface area contributed by atoms with Crippen molar-refractivity contribution in [1.29, 1.82) is 0 Å². The number of hydrogen-bond acceptors (Lipinski definition) is 3. The van der Waals surface area contributed by atoms with E-state index in [9.17, 15) is 0 Å². The zero-order chi connectivity index (χ0) is 20.2. The number of rotatable bonds is 13. The second-order valence-corrected chi connectivity index (χ2v) is 8.06. The van der Waals surface area contributed by atoms with Gasteiger partial charge in [0.25, 0.3) is 0 Å². The Bertz CT molecular complexity index is 700. The fraction of sp³-hybridized carbons (Fsp3) is 0.500. The van der Waals surface area contributed by atoms with Gasteiger partial charge >= 0.3 is 0 Å². The Morgan fingerprint density at radius 1 is 0.893 bits per heavy atom. The van der Waals surface area contributed by atoms with Crippen molar-refractivity contribution in [3.63, 3.8) is 0 Å². The Kier molecular flexibility index (Phi) is 10.4. The van der Waals surface area contributed by atoms with E-state index in [-0.39, 0.29) is 0 Å². The molecular formula is C24H34BrNO2. The molecule has 0 aromatic heterocycles. The molecule has 0 spiro atoms. The van der Waals surface area contributed by atoms with Crippen molar-refractivity contribution in [1.82, 2.24) is 5.32 Å². The molecule has 2 aromatic rings. The number of aryl methyl sites for hydroxylation is 1. The van der Waals surface area contributed by atoms with Crippen LogP contribution in [0.15, 0.2) is 40.9 Å². The summed E-state index contributed by atoms with van der Waals surface area (Å²) in [4.78, 5) is 0. The van der Waals surface area contributed by atoms with Crippen molar-refractivity contribution in [2.75, 3.05) is 13.2 Å². The molecule has 154 valence electrons. The highest BCUT2D eigenvalue weighted by atomic mass is 79.9. The quantitative estimate of drug-likeness (QED) is 0.342. The van der Waals surface area contributed by atoms with Gasteiger partial charge in [0.2, 0.25) is 0 Å². The van der Waals surface area contributed by atoms with Crippen LogP contribution in [-0.2, 0) is 13.2 Å². The van der Waals surface area contributed by atoms with Crippen molar-refractivity contribution >= 4 is 15.9 Å². The van der Waals surface area contributed by atoms with Crippen molar-refractivity contribution < 1.29 is 9.47 Å². The molecule has 0 fully saturated rings. The lowest BCUT2D eigenvalue weighted by Gasteiger charge is -2.16. The van der Waals surface area contributed by atoms with Crippen LogP contribution in [0.4, 0.5) is 0 Å². The Morgan fingerprint density at radius 3 is 2.36 bits per heavy atom. The molecular weight excluding hydrogens is 414 g/mol. The minimum Gasteiger partial charge on any atom is -0.490 e. The number of benzene rings is 2. The molecule has 1 N–H and O–H groups in total. The first-order valence-corrected chi connectivity index (χ1v) is 11.3. The van der Waals surface area contributed by atoms with Gasteiger partial charge in [0.15, 0.2) is 11.5 Å². The second kappa shape index (κ2) is 12.8. The molecule has 0 aliphatic carbocycles. The number of nitrogens with one attached hydrogen (secondary N) is 1. The number of halogens is 1. The van der Waals surface area contributed by atoms with Crippen LogP contribution in [0, 0.1) is 6.92 Å². The minimum absolute atomic E-state index is 0.522. The fourth-order valence-corrected chi connectivity index (χ4v) is 3.66. The Hall–Kier alpha value is -1.52. The smallest absolute Gasteiger partial charge is 0.175 e. The van der Waals surface area contributed by atoms with E-state index in [0.717, 1.165) is 34.6 Å². The number of unbranched alkanes of at least 4 members (excludes halogenated alkanes) is 4. The van der Waals surface area contributed by atoms with Crippen molar-refractivity contribution in [3.8, 4) is 11.5 Å². The highest BCUT2D eigenvalue weighted by Crippen LogP contribution is 2.37. The molecule has 0 radical (unpaired) electrons. The molecule has 2 rings (SSSR count). The molecule has 0 unspecified atom stereocenters. The van der Waals surface area contributed by atoms with Crippen molar-refractivity contribution in [2.45, 2.75) is 66.0 Å². The maximum atomic E-state index is 6.09. The zero-order valence-corrected chi connectivity index (χ0v) is 19.1. The van der Waals surface area contributed by atoms with Gasteiger partial charge in [-0.2, -0.15) is 0 Å². The molecule has 0 saturated carbocycles. The van der Waals surface area contributed by atoms with E-state index >= 15 is 0 Å². The summed E-state index contributed by atoms with van der Waals surface area (Å²) in [5, 5.41) is 3.54. The maximum Gasteiger partial charge on any atom is 0.175 e. The number of hydrogen-bond donors (Lipinski definition) is 1. The summed E-state index contributed by atoms with van der Waals surface area (Å²) in [5.74, 6) is 1.56. The van der Waals surface area contributed by atoms with E-state index in [1.165, 1.54) is 43.2 Å². The Morgan fingerprint density at radius 2 is 1.64 bits per heavy atom. The van der Waals surface area contributed by atoms with E-state index in [0.29, 0.717) is 13.2 Å². The molecule has 0 aliphatic heterocycles. The second-order valence-electron chi connectivity index (χ2n) is 7.20. The lowest BCUT2D eigenvalue weighted by molar-refractivity contribution is 0.267. The third kappa shape index (κ3) is 7.84. The summed E-state index contributed by atoms with van der Waals surface area (Å²) in [6.45, 7) is 9.36. The predicted molar refractivity (Wildman–Crippen MR) is 121 cm³/mol. The molecule has 0 aliphatic rings. The highest BCUT2D eigenvalue weighted by Gasteiger charge is 2.12. The normalized spacial score (nSPS) is 10.9. The van der Waals surface area contributed by atoms with E-state index in [1.807, 2.05) is 6.92 Å². The first-order valence-electron chi connectivity index (χ1n) is 10.5. The van der Waals surface area contributed by atoms with Crippen LogP contribution < -0.4 is 14.8 Å². The monoisotopic (exact) mass is 447 g/mol. The molecule has 28 heavy (non-hydrogen) atoms. The number of ether oxygens (including phenoxy) is 2. The van der Waals surface area contributed by atoms with Crippen molar-refractivity contribution in [3.05, 3.63) is 57.6 Å². The summed E-state index contributed by atoms with van der Waals surface area (Å²) in [6, 6.07) is 12.6. The molecule has 4 heteroatoms. The summed E-state index contributed by atoms with van der Waals surface area (Å²) in [5.41, 5.74) is 3.60. The van der Waals surface area contributed by atoms with Crippen LogP contribution in [0.1, 0.15) is 62.6 Å². The first kappa shape index (κ1) is 22.8. The molecule has 0 heterocycles. The molecule has 3 nitrogen and oxygen atoms in total. The van der Waals surface area contributed by atoms with E-state index < -0.39 is 0 Å². The minimum atomic E-state index is 0.522. The SMILES string of the molecule is CCCCCCCNCc1cc(Br)c(OCc2ccc(C)cc2)c(OCC)c1. The predicted octanol–water partition coefficient (Wildman–Crippen LogP) is 6.80. The average Bonchev–Trinajstić information content (AvgIpc) is 2.68. The van der Waals surface area contributed by atoms with Crippen LogP contribution in [-0.4, -0.2) is 13.2 Å². The standard InChI is InChI=1S/C24H34BrNO2/c1-4-6-7-8-9-14-26-17-21-15-22(25)24(23(16-21)27-5-2)28-18-20-12-10-19(3)11-13-20/h10-13,15-16,26H,4-9,14,17-18H2,1-3H3. The van der Waals surface area contributed by atoms with Crippen molar-refractivity contribution in [2.24, 2.45) is 0 Å². The van der Waals surface area contributed by atoms with Crippen LogP contribution in [0.3, 0.4) is 0 Å². The Balaban J connectivity index is 1.93. The maximum absolute atomic E-state index is 6.09. The van der Waals surface area contributed by atoms with E-state index in [1.54, 1.807) is 0 Å². The molecule has 0 bridgehead atoms. The summed E-state index contributed by atoms with van der Waals surface area (Å²) in [7, 11) is 0. The van der Waals surface area contributed by atoms with Gasteiger partial charge < -0.3 is 14.8 Å². The largest absolute Gasteiger partial charge is 0.490 e. The highest BCUT2D eigenvalue weighted by molar-refractivity contribution is 9.10. The van der Waals surface area contributed by atoms with Crippen LogP contribution in [0.5, 0.6) is 11.5 Å². The molecule has 0 saturated heterocycles. The molecule has 2 aromatic carbocycles. The van der Waals surface area contributed by atoms with E-state index in [2.05, 4.69) is 71.5 Å². The topological polar surface area (TPSA) is 30.5 Å². The van der Waals surface area contributed by atoms with Gasteiger partial charge in [0.1, 0.15) is 6.61 Å². The third-order valence-corrected chi connectivity index (χ3v) is 5.25. The van der Waals surface area contributed by atoms with Gasteiger partial charge in [0.05, 0.1) is 11.1 Å². The van der Waals surface area contributed by atoms with Crippen LogP contribution >= 0.6 is 15.9 Å². The third-order valence-electron chi connectivity index (χ3n) is 4.66. The molecule has 0 atom stereocenters. The van der Waals surface area contributed by atoms with Crippen LogP contribution in [0.2, 0.25) is 0 Å². The first-order chi connectivity index (χ1) is 13.6. The van der Waals surface area contributed by atoms with Gasteiger partial charge in [0, 0.05) is 6.54 Å². The zero-order valence-electron chi connectivity index (χ0n) is 17.5. The van der Waals surface area contributed by atoms with Crippen LogP contribution in [0.25, 0.3) is 0 Å². The fourth-order valence-electron chi connectivity index (χ4n) is 3.05. The van der Waals surface area contributed by atoms with Gasteiger partial charge in [-0.3, -0.25) is 0 Å². The summed E-state index contributed by atoms with van der Waals surface area (Å²) in [6.07, 6.45) is 6.51. The van der Waals surface area contributed by atoms with Gasteiger partial charge in [-0.1, -0.05) is 62.4 Å². The lowest BCUT2D eigenvalue weighted by Crippen LogP contribution is -2.15. The Labute approximate surface area is 179 Å². The summed E-state index contributed by atoms with van der Waals surface area (Å²) >= 11 is 3.67. The van der Waals surface area contributed by atoms with Gasteiger partial charge in [-0.15, -0.1) is 0 Å². The lowest BCUT2D eigenvalue weighted by atomic mass is 10.1. The average molecular weight is 448 g/mol. The van der Waals surface area contributed by atoms with E-state index in [4.69, 9.17) is 9.47 Å². The van der Waals surface area contributed by atoms with Gasteiger partial charge in [-0.05, 0) is 66.0 Å².